The second-order valence-electron chi connectivity index (χ2n) is 19.6. The molecule has 2 saturated heterocycles. The summed E-state index contributed by atoms with van der Waals surface area (Å²) in [6.07, 6.45) is 11.4. The molecule has 5 aromatic rings. The molecule has 17 heteroatoms. The van der Waals surface area contributed by atoms with Gasteiger partial charge in [0.25, 0.3) is 15.9 Å². The Bertz CT molecular complexity index is 2700. The number of nitrogens with one attached hydrogen (secondary N) is 3. The summed E-state index contributed by atoms with van der Waals surface area (Å²) in [6.45, 7) is 10.8. The van der Waals surface area contributed by atoms with Gasteiger partial charge in [-0.05, 0) is 118 Å². The van der Waals surface area contributed by atoms with Crippen LogP contribution in [0.5, 0.6) is 11.5 Å². The van der Waals surface area contributed by atoms with Crippen molar-refractivity contribution in [2.45, 2.75) is 114 Å². The van der Waals surface area contributed by atoms with E-state index in [0.717, 1.165) is 73.6 Å². The van der Waals surface area contributed by atoms with E-state index in [1.165, 1.54) is 30.2 Å². The number of benzene rings is 2. The van der Waals surface area contributed by atoms with Crippen molar-refractivity contribution in [1.29, 1.82) is 0 Å². The average molecular weight is 937 g/mol. The molecule has 0 bridgehead atoms. The van der Waals surface area contributed by atoms with E-state index in [9.17, 15) is 28.4 Å². The van der Waals surface area contributed by atoms with Crippen LogP contribution < -0.4 is 19.7 Å². The van der Waals surface area contributed by atoms with Crippen LogP contribution in [0.25, 0.3) is 11.0 Å². The quantitative estimate of drug-likeness (QED) is 0.0645. The van der Waals surface area contributed by atoms with Crippen molar-refractivity contribution in [3.05, 3.63) is 106 Å². The van der Waals surface area contributed by atoms with Gasteiger partial charge in [-0.2, -0.15) is 11.8 Å². The van der Waals surface area contributed by atoms with Crippen molar-refractivity contribution in [3.8, 4) is 11.5 Å². The zero-order valence-corrected chi connectivity index (χ0v) is 39.7. The third-order valence-corrected chi connectivity index (χ3v) is 17.1. The lowest BCUT2D eigenvalue weighted by molar-refractivity contribution is -0.384. The molecule has 2 atom stereocenters. The van der Waals surface area contributed by atoms with Gasteiger partial charge in [-0.25, -0.2) is 23.1 Å². The molecular weight excluding hydrogens is 877 g/mol. The van der Waals surface area contributed by atoms with Gasteiger partial charge in [-0.15, -0.1) is 0 Å². The van der Waals surface area contributed by atoms with Crippen molar-refractivity contribution in [1.82, 2.24) is 24.6 Å². The maximum atomic E-state index is 14.0. The van der Waals surface area contributed by atoms with E-state index in [1.807, 2.05) is 12.1 Å². The Morgan fingerprint density at radius 3 is 2.53 bits per heavy atom. The number of aliphatic hydroxyl groups is 1. The van der Waals surface area contributed by atoms with E-state index in [2.05, 4.69) is 91.6 Å². The number of carbonyl (C=O) groups excluding carboxylic acids is 1. The number of hydrogen-bond donors (Lipinski definition) is 4. The van der Waals surface area contributed by atoms with Crippen LogP contribution in [0.2, 0.25) is 0 Å². The fourth-order valence-corrected chi connectivity index (χ4v) is 12.9. The van der Waals surface area contributed by atoms with Crippen molar-refractivity contribution >= 4 is 55.9 Å². The van der Waals surface area contributed by atoms with Crippen molar-refractivity contribution < 1.29 is 28.0 Å². The number of nitrogens with zero attached hydrogens (tertiary/aromatic N) is 5. The monoisotopic (exact) mass is 936 g/mol. The SMILES string of the molecule is CC(C)c1ccccc1[C@@H]1CSCC(C)N1C1CC2(CCN(c3ccc(C(=O)NS(=O)(=O)c4cnc(NCC5CCC(C)(O)CC5)c([N+](=O)[O-])c4)c(Oc4cnc5[nH]ccc5c4)c3)CC2)C1. The Hall–Kier alpha value is -5.23. The average Bonchev–Trinajstić information content (AvgIpc) is 3.76. The molecule has 0 radical (unpaired) electrons. The first-order valence-electron chi connectivity index (χ1n) is 23.2. The fraction of sp³-hybridized carbons (Fsp3) is 0.490. The summed E-state index contributed by atoms with van der Waals surface area (Å²) >= 11 is 2.07. The summed E-state index contributed by atoms with van der Waals surface area (Å²) in [4.78, 5) is 41.7. The first-order valence-corrected chi connectivity index (χ1v) is 25.8. The molecule has 2 saturated carbocycles. The molecule has 2 aromatic carbocycles. The maximum Gasteiger partial charge on any atom is 0.312 e. The smallest absolute Gasteiger partial charge is 0.312 e. The van der Waals surface area contributed by atoms with Crippen LogP contribution in [0.3, 0.4) is 0 Å². The Kier molecular flexibility index (Phi) is 12.8. The second-order valence-corrected chi connectivity index (χ2v) is 22.4. The van der Waals surface area contributed by atoms with Gasteiger partial charge in [0.15, 0.2) is 0 Å². The molecule has 2 aliphatic carbocycles. The van der Waals surface area contributed by atoms with Gasteiger partial charge in [0.1, 0.15) is 22.0 Å². The largest absolute Gasteiger partial charge is 0.455 e. The minimum absolute atomic E-state index is 0.0404. The summed E-state index contributed by atoms with van der Waals surface area (Å²) in [5.74, 6) is 2.35. The highest BCUT2D eigenvalue weighted by atomic mass is 32.2. The van der Waals surface area contributed by atoms with Gasteiger partial charge in [0, 0.05) is 78.7 Å². The number of rotatable bonds is 13. The molecule has 3 aromatic heterocycles. The number of piperidine rings is 1. The zero-order valence-electron chi connectivity index (χ0n) is 38.0. The highest BCUT2D eigenvalue weighted by Crippen LogP contribution is 2.54. The Morgan fingerprint density at radius 2 is 1.79 bits per heavy atom. The fourth-order valence-electron chi connectivity index (χ4n) is 10.8. The number of sulfonamides is 1. The lowest BCUT2D eigenvalue weighted by Crippen LogP contribution is -2.59. The Labute approximate surface area is 390 Å². The van der Waals surface area contributed by atoms with E-state index in [4.69, 9.17) is 4.74 Å². The number of anilines is 2. The molecule has 9 rings (SSSR count). The van der Waals surface area contributed by atoms with Gasteiger partial charge < -0.3 is 25.0 Å². The second kappa shape index (κ2) is 18.5. The first-order chi connectivity index (χ1) is 31.6. The number of carbonyl (C=O) groups is 1. The molecule has 5 heterocycles. The molecular formula is C49H60N8O7S2. The number of aromatic amines is 1. The van der Waals surface area contributed by atoms with Gasteiger partial charge in [-0.1, -0.05) is 38.1 Å². The lowest BCUT2D eigenvalue weighted by Gasteiger charge is -2.59. The van der Waals surface area contributed by atoms with Gasteiger partial charge in [0.05, 0.1) is 28.5 Å². The highest BCUT2D eigenvalue weighted by Gasteiger charge is 2.51. The molecule has 2 aliphatic heterocycles. The predicted octanol–water partition coefficient (Wildman–Crippen LogP) is 9.18. The summed E-state index contributed by atoms with van der Waals surface area (Å²) in [5, 5.41) is 26.2. The lowest BCUT2D eigenvalue weighted by atomic mass is 9.59. The molecule has 1 unspecified atom stereocenters. The molecule has 66 heavy (non-hydrogen) atoms. The van der Waals surface area contributed by atoms with Crippen LogP contribution in [0.4, 0.5) is 17.2 Å². The molecule has 350 valence electrons. The minimum atomic E-state index is -4.63. The minimum Gasteiger partial charge on any atom is -0.455 e. The number of ether oxygens (including phenoxy) is 1. The number of aromatic nitrogens is 3. The van der Waals surface area contributed by atoms with E-state index < -0.39 is 37.0 Å². The Morgan fingerprint density at radius 1 is 1.03 bits per heavy atom. The standard InChI is InChI=1S/C49H60N8O7S2/c1-31(2)39-7-5-6-8-40(39)43-30-65-29-32(3)56(43)36-24-49(25-36)16-19-55(20-17-49)35-9-10-41(44(22-35)64-37-21-34-13-18-50-45(34)52-27-37)47(58)54-66(62,63)38-23-42(57(60)61)46(53-28-38)51-26-33-11-14-48(4,59)15-12-33/h5-10,13,18,21-23,27-28,31-33,36,43,59H,11-12,14-17,19-20,24-26,29-30H2,1-4H3,(H,50,52)(H,51,53)(H,54,58)/t32?,33?,43-,48?/m0/s1. The first kappa shape index (κ1) is 45.9. The van der Waals surface area contributed by atoms with Crippen LogP contribution in [-0.2, 0) is 10.0 Å². The molecule has 1 amide bonds. The van der Waals surface area contributed by atoms with Crippen LogP contribution in [0.15, 0.2) is 84.1 Å². The molecule has 4 aliphatic rings. The van der Waals surface area contributed by atoms with Crippen LogP contribution in [0.1, 0.15) is 113 Å². The number of amides is 1. The normalized spacial score (nSPS) is 23.7. The topological polar surface area (TPSA) is 196 Å². The number of pyridine rings is 2. The Balaban J connectivity index is 0.903. The van der Waals surface area contributed by atoms with Gasteiger partial charge in [-0.3, -0.25) is 19.8 Å². The van der Waals surface area contributed by atoms with Crippen LogP contribution in [0, 0.1) is 21.4 Å². The molecule has 1 spiro atoms. The number of H-pyrrole nitrogens is 1. The van der Waals surface area contributed by atoms with E-state index >= 15 is 0 Å². The van der Waals surface area contributed by atoms with E-state index in [0.29, 0.717) is 54.8 Å². The van der Waals surface area contributed by atoms with Crippen molar-refractivity contribution in [2.75, 3.05) is 41.4 Å². The third-order valence-electron chi connectivity index (χ3n) is 14.6. The summed E-state index contributed by atoms with van der Waals surface area (Å²) < 4.78 is 35.9. The van der Waals surface area contributed by atoms with Crippen molar-refractivity contribution in [2.24, 2.45) is 11.3 Å². The zero-order chi connectivity index (χ0) is 46.4. The number of nitro groups is 1. The summed E-state index contributed by atoms with van der Waals surface area (Å²) in [6, 6.07) is 20.1. The molecule has 15 nitrogen and oxygen atoms in total. The summed E-state index contributed by atoms with van der Waals surface area (Å²) in [5.41, 5.74) is 3.41. The van der Waals surface area contributed by atoms with Crippen molar-refractivity contribution in [3.63, 3.8) is 0 Å². The van der Waals surface area contributed by atoms with Gasteiger partial charge >= 0.3 is 5.69 Å². The summed E-state index contributed by atoms with van der Waals surface area (Å²) in [7, 11) is -4.63. The molecule has 4 fully saturated rings. The predicted molar refractivity (Wildman–Crippen MR) is 258 cm³/mol. The molecule has 4 N–H and O–H groups in total. The van der Waals surface area contributed by atoms with Crippen LogP contribution >= 0.6 is 11.8 Å². The van der Waals surface area contributed by atoms with Crippen LogP contribution in [-0.4, -0.2) is 93.0 Å². The van der Waals surface area contributed by atoms with E-state index in [1.54, 1.807) is 31.3 Å². The van der Waals surface area contributed by atoms with Gasteiger partial charge in [0.2, 0.25) is 5.82 Å². The third kappa shape index (κ3) is 9.62. The number of thioether (sulfide) groups is 1. The van der Waals surface area contributed by atoms with E-state index in [-0.39, 0.29) is 28.5 Å². The maximum absolute atomic E-state index is 14.0. The number of fused-ring (bicyclic) bond motifs is 1. The number of hydrogen-bond acceptors (Lipinski definition) is 13. The highest BCUT2D eigenvalue weighted by molar-refractivity contribution is 7.99.